The van der Waals surface area contributed by atoms with Crippen molar-refractivity contribution < 1.29 is 9.90 Å². The zero-order valence-corrected chi connectivity index (χ0v) is 12.5. The topological polar surface area (TPSA) is 52.6 Å². The van der Waals surface area contributed by atoms with E-state index in [0.29, 0.717) is 23.1 Å². The Morgan fingerprint density at radius 2 is 2.25 bits per heavy atom. The normalized spacial score (nSPS) is 22.9. The summed E-state index contributed by atoms with van der Waals surface area (Å²) in [5.74, 6) is 0.717. The highest BCUT2D eigenvalue weighted by atomic mass is 16.3. The van der Waals surface area contributed by atoms with E-state index in [0.717, 1.165) is 25.9 Å². The number of carbonyl (C=O) groups excluding carboxylic acids is 1. The van der Waals surface area contributed by atoms with Crippen molar-refractivity contribution in [2.75, 3.05) is 20.1 Å². The lowest BCUT2D eigenvalue weighted by molar-refractivity contribution is 0.0630. The Hall–Kier alpha value is -1.55. The zero-order chi connectivity index (χ0) is 14.7. The molecule has 1 saturated heterocycles. The molecule has 4 heteroatoms. The highest BCUT2D eigenvalue weighted by molar-refractivity contribution is 5.96. The second-order valence-corrected chi connectivity index (χ2v) is 5.55. The molecule has 2 rings (SSSR count). The van der Waals surface area contributed by atoms with Crippen LogP contribution in [0.1, 0.15) is 35.7 Å². The first-order valence-corrected chi connectivity index (χ1v) is 7.33. The van der Waals surface area contributed by atoms with Crippen molar-refractivity contribution in [2.45, 2.75) is 32.7 Å². The number of benzene rings is 1. The number of aromatic hydroxyl groups is 1. The third-order valence-corrected chi connectivity index (χ3v) is 4.45. The van der Waals surface area contributed by atoms with Crippen molar-refractivity contribution in [3.8, 4) is 5.75 Å². The second-order valence-electron chi connectivity index (χ2n) is 5.55. The van der Waals surface area contributed by atoms with Crippen LogP contribution in [0.4, 0.5) is 0 Å². The number of nitrogens with one attached hydrogen (secondary N) is 1. The summed E-state index contributed by atoms with van der Waals surface area (Å²) in [6, 6.07) is 5.64. The van der Waals surface area contributed by atoms with Crippen molar-refractivity contribution in [1.29, 1.82) is 0 Å². The lowest BCUT2D eigenvalue weighted by Crippen LogP contribution is -2.50. The van der Waals surface area contributed by atoms with Gasteiger partial charge in [-0.3, -0.25) is 4.79 Å². The Balaban J connectivity index is 2.16. The molecule has 0 bridgehead atoms. The summed E-state index contributed by atoms with van der Waals surface area (Å²) in [4.78, 5) is 14.5. The van der Waals surface area contributed by atoms with Gasteiger partial charge in [-0.05, 0) is 38.4 Å². The van der Waals surface area contributed by atoms with Gasteiger partial charge in [0, 0.05) is 30.3 Å². The van der Waals surface area contributed by atoms with E-state index in [9.17, 15) is 9.90 Å². The molecule has 1 amide bonds. The highest BCUT2D eigenvalue weighted by Crippen LogP contribution is 2.25. The molecule has 2 unspecified atom stereocenters. The summed E-state index contributed by atoms with van der Waals surface area (Å²) in [5, 5.41) is 13.1. The van der Waals surface area contributed by atoms with E-state index in [-0.39, 0.29) is 11.7 Å². The van der Waals surface area contributed by atoms with E-state index in [2.05, 4.69) is 12.2 Å². The van der Waals surface area contributed by atoms with Gasteiger partial charge in [0.15, 0.2) is 0 Å². The average Bonchev–Trinajstić information content (AvgIpc) is 2.48. The summed E-state index contributed by atoms with van der Waals surface area (Å²) in [7, 11) is 1.99. The molecule has 2 atom stereocenters. The molecule has 110 valence electrons. The molecule has 1 aliphatic heterocycles. The van der Waals surface area contributed by atoms with Crippen LogP contribution < -0.4 is 5.32 Å². The van der Waals surface area contributed by atoms with Crippen LogP contribution in [-0.4, -0.2) is 42.1 Å². The number of phenols is 1. The van der Waals surface area contributed by atoms with Gasteiger partial charge in [0.25, 0.3) is 5.91 Å². The molecule has 1 aromatic rings. The molecule has 1 aliphatic rings. The first kappa shape index (κ1) is 14.9. The van der Waals surface area contributed by atoms with Gasteiger partial charge in [0.2, 0.25) is 0 Å². The largest absolute Gasteiger partial charge is 0.508 e. The summed E-state index contributed by atoms with van der Waals surface area (Å²) >= 11 is 0. The van der Waals surface area contributed by atoms with Crippen LogP contribution in [-0.2, 0) is 0 Å². The number of amides is 1. The molecule has 1 fully saturated rings. The Kier molecular flexibility index (Phi) is 4.65. The van der Waals surface area contributed by atoms with Gasteiger partial charge in [-0.1, -0.05) is 19.4 Å². The number of likely N-dealkylation sites (tertiary alicyclic amines) is 1. The Morgan fingerprint density at radius 3 is 2.90 bits per heavy atom. The lowest BCUT2D eigenvalue weighted by atomic mass is 9.89. The minimum Gasteiger partial charge on any atom is -0.508 e. The van der Waals surface area contributed by atoms with Crippen LogP contribution in [0.5, 0.6) is 5.75 Å². The molecule has 2 N–H and O–H groups in total. The molecule has 0 radical (unpaired) electrons. The van der Waals surface area contributed by atoms with E-state index in [1.807, 2.05) is 11.9 Å². The first-order valence-electron chi connectivity index (χ1n) is 7.33. The fourth-order valence-electron chi connectivity index (χ4n) is 3.04. The molecule has 0 aliphatic carbocycles. The van der Waals surface area contributed by atoms with Gasteiger partial charge in [-0.25, -0.2) is 0 Å². The smallest absolute Gasteiger partial charge is 0.254 e. The minimum absolute atomic E-state index is 0.0337. The van der Waals surface area contributed by atoms with E-state index < -0.39 is 0 Å². The Bertz CT molecular complexity index is 487. The number of phenolic OH excluding ortho intramolecular Hbond substituents is 1. The van der Waals surface area contributed by atoms with E-state index in [1.54, 1.807) is 25.1 Å². The molecule has 0 saturated carbocycles. The summed E-state index contributed by atoms with van der Waals surface area (Å²) in [6.45, 7) is 5.52. The highest BCUT2D eigenvalue weighted by Gasteiger charge is 2.30. The van der Waals surface area contributed by atoms with Crippen molar-refractivity contribution in [1.82, 2.24) is 10.2 Å². The maximum atomic E-state index is 12.6. The fraction of sp³-hybridized carbons (Fsp3) is 0.562. The standard InChI is InChI=1S/C16H24N2O2/c1-4-12-10-18(9-8-14(12)17-3)16(20)13-6-5-7-15(19)11(13)2/h5-7,12,14,17,19H,4,8-10H2,1-3H3. The first-order chi connectivity index (χ1) is 9.58. The number of carbonyl (C=O) groups is 1. The van der Waals surface area contributed by atoms with Gasteiger partial charge >= 0.3 is 0 Å². The van der Waals surface area contributed by atoms with Crippen LogP contribution in [0.15, 0.2) is 18.2 Å². The molecule has 1 aromatic carbocycles. The number of rotatable bonds is 3. The van der Waals surface area contributed by atoms with Crippen LogP contribution in [0, 0.1) is 12.8 Å². The molecular weight excluding hydrogens is 252 g/mol. The molecule has 0 spiro atoms. The minimum atomic E-state index is 0.0337. The van der Waals surface area contributed by atoms with Gasteiger partial charge in [-0.2, -0.15) is 0 Å². The number of hydrogen-bond acceptors (Lipinski definition) is 3. The quantitative estimate of drug-likeness (QED) is 0.889. The second kappa shape index (κ2) is 6.27. The lowest BCUT2D eigenvalue weighted by Gasteiger charge is -2.38. The van der Waals surface area contributed by atoms with Crippen LogP contribution in [0.25, 0.3) is 0 Å². The SMILES string of the molecule is CCC1CN(C(=O)c2cccc(O)c2C)CCC1NC. The Labute approximate surface area is 120 Å². The molecule has 0 aromatic heterocycles. The number of hydrogen-bond donors (Lipinski definition) is 2. The maximum absolute atomic E-state index is 12.6. The van der Waals surface area contributed by atoms with Crippen molar-refractivity contribution in [2.24, 2.45) is 5.92 Å². The third-order valence-electron chi connectivity index (χ3n) is 4.45. The van der Waals surface area contributed by atoms with Gasteiger partial charge in [0.1, 0.15) is 5.75 Å². The van der Waals surface area contributed by atoms with Crippen LogP contribution in [0.2, 0.25) is 0 Å². The van der Waals surface area contributed by atoms with Gasteiger partial charge in [0.05, 0.1) is 0 Å². The Morgan fingerprint density at radius 1 is 1.50 bits per heavy atom. The predicted octanol–water partition coefficient (Wildman–Crippen LogP) is 2.16. The summed E-state index contributed by atoms with van der Waals surface area (Å²) < 4.78 is 0. The molecule has 4 nitrogen and oxygen atoms in total. The van der Waals surface area contributed by atoms with Crippen LogP contribution in [0.3, 0.4) is 0 Å². The summed E-state index contributed by atoms with van der Waals surface area (Å²) in [5.41, 5.74) is 1.28. The van der Waals surface area contributed by atoms with Crippen molar-refractivity contribution in [3.05, 3.63) is 29.3 Å². The average molecular weight is 276 g/mol. The van der Waals surface area contributed by atoms with E-state index in [4.69, 9.17) is 0 Å². The van der Waals surface area contributed by atoms with E-state index in [1.165, 1.54) is 0 Å². The number of nitrogens with zero attached hydrogens (tertiary/aromatic N) is 1. The zero-order valence-electron chi connectivity index (χ0n) is 12.5. The fourth-order valence-corrected chi connectivity index (χ4v) is 3.04. The summed E-state index contributed by atoms with van der Waals surface area (Å²) in [6.07, 6.45) is 2.05. The monoisotopic (exact) mass is 276 g/mol. The number of piperidine rings is 1. The van der Waals surface area contributed by atoms with Gasteiger partial charge < -0.3 is 15.3 Å². The van der Waals surface area contributed by atoms with Crippen molar-refractivity contribution in [3.63, 3.8) is 0 Å². The predicted molar refractivity (Wildman–Crippen MR) is 80.0 cm³/mol. The van der Waals surface area contributed by atoms with E-state index >= 15 is 0 Å². The molecule has 20 heavy (non-hydrogen) atoms. The van der Waals surface area contributed by atoms with Gasteiger partial charge in [-0.15, -0.1) is 0 Å². The van der Waals surface area contributed by atoms with Crippen LogP contribution >= 0.6 is 0 Å². The maximum Gasteiger partial charge on any atom is 0.254 e. The molecule has 1 heterocycles. The molecular formula is C16H24N2O2. The van der Waals surface area contributed by atoms with Crippen molar-refractivity contribution >= 4 is 5.91 Å². The third kappa shape index (κ3) is 2.80.